The molecule has 0 aromatic heterocycles. The number of carboxylic acids is 1. The Balaban J connectivity index is 2.63. The highest BCUT2D eigenvalue weighted by Gasteiger charge is 2.23. The first-order valence-electron chi connectivity index (χ1n) is 7.00. The second kappa shape index (κ2) is 8.26. The van der Waals surface area contributed by atoms with Gasteiger partial charge in [0.2, 0.25) is 5.91 Å². The largest absolute Gasteiger partial charge is 0.508 e. The van der Waals surface area contributed by atoms with Crippen molar-refractivity contribution in [3.05, 3.63) is 29.8 Å². The van der Waals surface area contributed by atoms with E-state index in [0.717, 1.165) is 12.8 Å². The summed E-state index contributed by atoms with van der Waals surface area (Å²) >= 11 is 0. The molecule has 116 valence electrons. The molecule has 2 atom stereocenters. The van der Waals surface area contributed by atoms with Gasteiger partial charge in [-0.25, -0.2) is 4.79 Å². The van der Waals surface area contributed by atoms with Gasteiger partial charge in [0.1, 0.15) is 11.8 Å². The monoisotopic (exact) mass is 294 g/mol. The molecule has 5 N–H and O–H groups in total. The fourth-order valence-electron chi connectivity index (χ4n) is 1.90. The van der Waals surface area contributed by atoms with E-state index in [1.165, 1.54) is 12.1 Å². The van der Waals surface area contributed by atoms with Crippen LogP contribution in [0.2, 0.25) is 0 Å². The number of carbonyl (C=O) groups is 2. The van der Waals surface area contributed by atoms with Gasteiger partial charge in [0.05, 0.1) is 6.04 Å². The van der Waals surface area contributed by atoms with Crippen molar-refractivity contribution < 1.29 is 19.8 Å². The zero-order chi connectivity index (χ0) is 15.8. The van der Waals surface area contributed by atoms with Gasteiger partial charge in [-0.3, -0.25) is 4.79 Å². The zero-order valence-electron chi connectivity index (χ0n) is 12.1. The molecule has 0 saturated heterocycles. The van der Waals surface area contributed by atoms with E-state index in [9.17, 15) is 19.8 Å². The number of carboxylic acid groups (broad SMARTS) is 1. The summed E-state index contributed by atoms with van der Waals surface area (Å²) in [7, 11) is 0. The Morgan fingerprint density at radius 2 is 1.90 bits per heavy atom. The number of hydrogen-bond donors (Lipinski definition) is 4. The molecule has 1 rings (SSSR count). The zero-order valence-corrected chi connectivity index (χ0v) is 12.1. The molecule has 0 saturated carbocycles. The number of aromatic hydroxyl groups is 1. The van der Waals surface area contributed by atoms with E-state index < -0.39 is 24.0 Å². The lowest BCUT2D eigenvalue weighted by molar-refractivity contribution is -0.142. The van der Waals surface area contributed by atoms with Gasteiger partial charge in [-0.15, -0.1) is 0 Å². The van der Waals surface area contributed by atoms with E-state index in [4.69, 9.17) is 5.73 Å². The Bertz CT molecular complexity index is 473. The molecule has 21 heavy (non-hydrogen) atoms. The van der Waals surface area contributed by atoms with Gasteiger partial charge in [-0.1, -0.05) is 31.9 Å². The van der Waals surface area contributed by atoms with Crippen LogP contribution in [0.15, 0.2) is 24.3 Å². The maximum atomic E-state index is 11.9. The molecule has 1 aromatic carbocycles. The molecular weight excluding hydrogens is 272 g/mol. The van der Waals surface area contributed by atoms with Crippen molar-refractivity contribution in [1.82, 2.24) is 5.32 Å². The fraction of sp³-hybridized carbons (Fsp3) is 0.467. The summed E-state index contributed by atoms with van der Waals surface area (Å²) in [5.41, 5.74) is 6.44. The third kappa shape index (κ3) is 5.83. The van der Waals surface area contributed by atoms with E-state index in [-0.39, 0.29) is 12.2 Å². The summed E-state index contributed by atoms with van der Waals surface area (Å²) in [5.74, 6) is -1.45. The average molecular weight is 294 g/mol. The van der Waals surface area contributed by atoms with Gasteiger partial charge in [0, 0.05) is 6.42 Å². The Hall–Kier alpha value is -2.08. The smallest absolute Gasteiger partial charge is 0.326 e. The molecule has 1 aromatic rings. The summed E-state index contributed by atoms with van der Waals surface area (Å²) < 4.78 is 0. The minimum absolute atomic E-state index is 0.108. The van der Waals surface area contributed by atoms with Crippen LogP contribution in [0.5, 0.6) is 5.75 Å². The van der Waals surface area contributed by atoms with Gasteiger partial charge >= 0.3 is 5.97 Å². The first-order chi connectivity index (χ1) is 9.93. The highest BCUT2D eigenvalue weighted by Crippen LogP contribution is 2.11. The van der Waals surface area contributed by atoms with Crippen LogP contribution in [0.1, 0.15) is 31.7 Å². The summed E-state index contributed by atoms with van der Waals surface area (Å²) in [6, 6.07) is 4.47. The maximum absolute atomic E-state index is 11.9. The van der Waals surface area contributed by atoms with Crippen molar-refractivity contribution in [2.24, 2.45) is 5.73 Å². The van der Waals surface area contributed by atoms with Crippen LogP contribution in [0, 0.1) is 0 Å². The number of unbranched alkanes of at least 4 members (excludes halogenated alkanes) is 1. The average Bonchev–Trinajstić information content (AvgIpc) is 2.45. The van der Waals surface area contributed by atoms with E-state index in [1.807, 2.05) is 6.92 Å². The summed E-state index contributed by atoms with van der Waals surface area (Å²) in [5, 5.41) is 20.9. The lowest BCUT2D eigenvalue weighted by atomic mass is 10.0. The minimum atomic E-state index is -1.11. The Morgan fingerprint density at radius 3 is 2.43 bits per heavy atom. The SMILES string of the molecule is CCCCC(N)C(=O)N[C@@H](Cc1ccc(O)cc1)C(=O)O. The number of nitrogens with one attached hydrogen (secondary N) is 1. The van der Waals surface area contributed by atoms with E-state index in [0.29, 0.717) is 12.0 Å². The molecule has 0 radical (unpaired) electrons. The number of carbonyl (C=O) groups excluding carboxylic acids is 1. The normalized spacial score (nSPS) is 13.4. The summed E-state index contributed by atoms with van der Waals surface area (Å²) in [6.07, 6.45) is 2.43. The third-order valence-electron chi connectivity index (χ3n) is 3.20. The molecule has 0 fully saturated rings. The highest BCUT2D eigenvalue weighted by molar-refractivity contribution is 5.86. The molecule has 0 spiro atoms. The number of aliphatic carboxylic acids is 1. The number of phenols is 1. The predicted octanol–water partition coefficient (Wildman–Crippen LogP) is 1.02. The summed E-state index contributed by atoms with van der Waals surface area (Å²) in [4.78, 5) is 23.1. The molecule has 0 aliphatic rings. The molecule has 6 nitrogen and oxygen atoms in total. The summed E-state index contributed by atoms with van der Waals surface area (Å²) in [6.45, 7) is 2.00. The minimum Gasteiger partial charge on any atom is -0.508 e. The van der Waals surface area contributed by atoms with Crippen LogP contribution < -0.4 is 11.1 Å². The van der Waals surface area contributed by atoms with Crippen molar-refractivity contribution in [3.63, 3.8) is 0 Å². The van der Waals surface area contributed by atoms with Crippen LogP contribution in [-0.4, -0.2) is 34.2 Å². The molecule has 1 amide bonds. The molecular formula is C15H22N2O4. The topological polar surface area (TPSA) is 113 Å². The van der Waals surface area contributed by atoms with Gasteiger partial charge in [0.25, 0.3) is 0 Å². The molecule has 0 aliphatic heterocycles. The Morgan fingerprint density at radius 1 is 1.29 bits per heavy atom. The van der Waals surface area contributed by atoms with Crippen LogP contribution in [-0.2, 0) is 16.0 Å². The van der Waals surface area contributed by atoms with Crippen LogP contribution in [0.3, 0.4) is 0 Å². The number of hydrogen-bond acceptors (Lipinski definition) is 4. The van der Waals surface area contributed by atoms with E-state index >= 15 is 0 Å². The molecule has 0 aliphatic carbocycles. The van der Waals surface area contributed by atoms with Crippen molar-refractivity contribution in [1.29, 1.82) is 0 Å². The first kappa shape index (κ1) is 17.0. The third-order valence-corrected chi connectivity index (χ3v) is 3.20. The van der Waals surface area contributed by atoms with Crippen LogP contribution >= 0.6 is 0 Å². The number of rotatable bonds is 8. The lowest BCUT2D eigenvalue weighted by Gasteiger charge is -2.18. The van der Waals surface area contributed by atoms with E-state index in [1.54, 1.807) is 12.1 Å². The Labute approximate surface area is 124 Å². The fourth-order valence-corrected chi connectivity index (χ4v) is 1.90. The highest BCUT2D eigenvalue weighted by atomic mass is 16.4. The number of nitrogens with two attached hydrogens (primary N) is 1. The predicted molar refractivity (Wildman–Crippen MR) is 78.9 cm³/mol. The second-order valence-electron chi connectivity index (χ2n) is 5.02. The van der Waals surface area contributed by atoms with Gasteiger partial charge in [-0.2, -0.15) is 0 Å². The lowest BCUT2D eigenvalue weighted by Crippen LogP contribution is -2.49. The first-order valence-corrected chi connectivity index (χ1v) is 7.00. The number of benzene rings is 1. The molecule has 1 unspecified atom stereocenters. The quantitative estimate of drug-likeness (QED) is 0.572. The molecule has 0 heterocycles. The van der Waals surface area contributed by atoms with Crippen molar-refractivity contribution in [2.75, 3.05) is 0 Å². The molecule has 6 heteroatoms. The Kier molecular flexibility index (Phi) is 6.68. The van der Waals surface area contributed by atoms with Crippen LogP contribution in [0.4, 0.5) is 0 Å². The van der Waals surface area contributed by atoms with Crippen molar-refractivity contribution in [3.8, 4) is 5.75 Å². The van der Waals surface area contributed by atoms with Gasteiger partial charge in [-0.05, 0) is 24.1 Å². The van der Waals surface area contributed by atoms with Crippen LogP contribution in [0.25, 0.3) is 0 Å². The van der Waals surface area contributed by atoms with E-state index in [2.05, 4.69) is 5.32 Å². The maximum Gasteiger partial charge on any atom is 0.326 e. The van der Waals surface area contributed by atoms with Crippen molar-refractivity contribution >= 4 is 11.9 Å². The second-order valence-corrected chi connectivity index (χ2v) is 5.02. The molecule has 0 bridgehead atoms. The van der Waals surface area contributed by atoms with Gasteiger partial charge < -0.3 is 21.3 Å². The standard InChI is InChI=1S/C15H22N2O4/c1-2-3-4-12(16)14(19)17-13(15(20)21)9-10-5-7-11(18)8-6-10/h5-8,12-13,18H,2-4,9,16H2,1H3,(H,17,19)(H,20,21)/t12?,13-/m0/s1. The number of amides is 1. The number of phenolic OH excluding ortho intramolecular Hbond substituents is 1. The van der Waals surface area contributed by atoms with Gasteiger partial charge in [0.15, 0.2) is 0 Å². The van der Waals surface area contributed by atoms with Crippen molar-refractivity contribution in [2.45, 2.75) is 44.7 Å².